The molecule has 0 atom stereocenters. The summed E-state index contributed by atoms with van der Waals surface area (Å²) in [6.07, 6.45) is 0. The molecule has 66 valence electrons. The van der Waals surface area contributed by atoms with Crippen LogP contribution >= 0.6 is 11.3 Å². The van der Waals surface area contributed by atoms with Gasteiger partial charge in [-0.2, -0.15) is 0 Å². The van der Waals surface area contributed by atoms with Crippen molar-refractivity contribution in [2.24, 2.45) is 0 Å². The fraction of sp³-hybridized carbons (Fsp3) is 0.556. The van der Waals surface area contributed by atoms with E-state index in [4.69, 9.17) is 0 Å². The Kier molecular flexibility index (Phi) is 2.33. The van der Waals surface area contributed by atoms with E-state index in [2.05, 4.69) is 25.8 Å². The number of Topliss-reactive ketones (excluding diaryl/α,β-unsaturated/α-hetero) is 1. The van der Waals surface area contributed by atoms with Gasteiger partial charge < -0.3 is 0 Å². The standard InChI is InChI=1S/C9H13NOS/c1-6(11)8-10-7(5-12-8)9(2,3)4/h5H,1-4H3. The maximum atomic E-state index is 10.9. The van der Waals surface area contributed by atoms with Crippen molar-refractivity contribution in [2.75, 3.05) is 0 Å². The van der Waals surface area contributed by atoms with Gasteiger partial charge in [0.2, 0.25) is 0 Å². The van der Waals surface area contributed by atoms with Gasteiger partial charge in [-0.15, -0.1) is 11.3 Å². The molecule has 12 heavy (non-hydrogen) atoms. The Labute approximate surface area is 76.6 Å². The number of nitrogens with zero attached hydrogens (tertiary/aromatic N) is 1. The third kappa shape index (κ3) is 1.91. The first kappa shape index (κ1) is 9.39. The summed E-state index contributed by atoms with van der Waals surface area (Å²) in [6, 6.07) is 0. The van der Waals surface area contributed by atoms with Crippen molar-refractivity contribution < 1.29 is 4.79 Å². The van der Waals surface area contributed by atoms with Crippen molar-refractivity contribution in [3.05, 3.63) is 16.1 Å². The molecule has 1 aromatic rings. The highest BCUT2D eigenvalue weighted by atomic mass is 32.1. The molecule has 0 aromatic carbocycles. The molecule has 3 heteroatoms. The van der Waals surface area contributed by atoms with E-state index >= 15 is 0 Å². The van der Waals surface area contributed by atoms with Gasteiger partial charge in [0.15, 0.2) is 10.8 Å². The quantitative estimate of drug-likeness (QED) is 0.626. The summed E-state index contributed by atoms with van der Waals surface area (Å²) in [7, 11) is 0. The summed E-state index contributed by atoms with van der Waals surface area (Å²) in [5.41, 5.74) is 1.04. The molecule has 0 amide bonds. The van der Waals surface area contributed by atoms with Crippen LogP contribution in [-0.4, -0.2) is 10.8 Å². The molecular formula is C9H13NOS. The molecule has 0 saturated heterocycles. The Morgan fingerprint density at radius 3 is 2.33 bits per heavy atom. The zero-order chi connectivity index (χ0) is 9.35. The van der Waals surface area contributed by atoms with Crippen LogP contribution in [0, 0.1) is 0 Å². The van der Waals surface area contributed by atoms with Crippen molar-refractivity contribution >= 4 is 17.1 Å². The maximum absolute atomic E-state index is 10.9. The zero-order valence-corrected chi connectivity index (χ0v) is 8.66. The van der Waals surface area contributed by atoms with Gasteiger partial charge >= 0.3 is 0 Å². The Bertz CT molecular complexity index is 296. The van der Waals surface area contributed by atoms with Crippen LogP contribution in [0.15, 0.2) is 5.38 Å². The number of hydrogen-bond donors (Lipinski definition) is 0. The molecule has 0 saturated carbocycles. The normalized spacial score (nSPS) is 11.7. The lowest BCUT2D eigenvalue weighted by molar-refractivity contribution is 0.101. The van der Waals surface area contributed by atoms with Crippen LogP contribution in [0.1, 0.15) is 43.2 Å². The summed E-state index contributed by atoms with van der Waals surface area (Å²) in [4.78, 5) is 15.2. The van der Waals surface area contributed by atoms with Gasteiger partial charge in [-0.1, -0.05) is 20.8 Å². The Morgan fingerprint density at radius 2 is 2.08 bits per heavy atom. The number of aromatic nitrogens is 1. The molecule has 1 aromatic heterocycles. The average molecular weight is 183 g/mol. The molecule has 0 N–H and O–H groups in total. The van der Waals surface area contributed by atoms with Gasteiger partial charge in [0.05, 0.1) is 5.69 Å². The molecule has 1 heterocycles. The number of thiazole rings is 1. The highest BCUT2D eigenvalue weighted by molar-refractivity contribution is 7.11. The first-order valence-electron chi connectivity index (χ1n) is 3.88. The second-order valence-corrected chi connectivity index (χ2v) is 4.70. The molecule has 0 aliphatic carbocycles. The molecule has 0 radical (unpaired) electrons. The van der Waals surface area contributed by atoms with E-state index in [-0.39, 0.29) is 11.2 Å². The second-order valence-electron chi connectivity index (χ2n) is 3.84. The molecule has 1 rings (SSSR count). The summed E-state index contributed by atoms with van der Waals surface area (Å²) < 4.78 is 0. The minimum atomic E-state index is 0.0458. The Balaban J connectivity index is 3.00. The van der Waals surface area contributed by atoms with E-state index in [9.17, 15) is 4.79 Å². The van der Waals surface area contributed by atoms with Gasteiger partial charge in [-0.25, -0.2) is 4.98 Å². The molecule has 0 spiro atoms. The minimum absolute atomic E-state index is 0.0458. The summed E-state index contributed by atoms with van der Waals surface area (Å²) in [5.74, 6) is 0.0514. The van der Waals surface area contributed by atoms with Crippen LogP contribution in [0.4, 0.5) is 0 Å². The van der Waals surface area contributed by atoms with Crippen LogP contribution in [0.5, 0.6) is 0 Å². The van der Waals surface area contributed by atoms with Crippen LogP contribution in [0.2, 0.25) is 0 Å². The number of rotatable bonds is 1. The topological polar surface area (TPSA) is 30.0 Å². The van der Waals surface area contributed by atoms with Gasteiger partial charge in [0.1, 0.15) is 0 Å². The van der Waals surface area contributed by atoms with Crippen molar-refractivity contribution in [3.8, 4) is 0 Å². The molecule has 0 aliphatic heterocycles. The van der Waals surface area contributed by atoms with Crippen molar-refractivity contribution in [1.82, 2.24) is 4.98 Å². The van der Waals surface area contributed by atoms with E-state index < -0.39 is 0 Å². The SMILES string of the molecule is CC(=O)c1nc(C(C)(C)C)cs1. The fourth-order valence-electron chi connectivity index (χ4n) is 0.780. The van der Waals surface area contributed by atoms with Crippen molar-refractivity contribution in [2.45, 2.75) is 33.1 Å². The summed E-state index contributed by atoms with van der Waals surface area (Å²) >= 11 is 1.42. The monoisotopic (exact) mass is 183 g/mol. The predicted octanol–water partition coefficient (Wildman–Crippen LogP) is 2.64. The lowest BCUT2D eigenvalue weighted by atomic mass is 9.93. The number of carbonyl (C=O) groups is 1. The predicted molar refractivity (Wildman–Crippen MR) is 50.8 cm³/mol. The summed E-state index contributed by atoms with van der Waals surface area (Å²) in [5, 5.41) is 2.57. The van der Waals surface area contributed by atoms with Crippen molar-refractivity contribution in [1.29, 1.82) is 0 Å². The smallest absolute Gasteiger partial charge is 0.188 e. The van der Waals surface area contributed by atoms with Crippen LogP contribution in [-0.2, 0) is 5.41 Å². The maximum Gasteiger partial charge on any atom is 0.188 e. The lowest BCUT2D eigenvalue weighted by Gasteiger charge is -2.13. The molecule has 0 aliphatic rings. The minimum Gasteiger partial charge on any atom is -0.292 e. The van der Waals surface area contributed by atoms with Crippen LogP contribution in [0.3, 0.4) is 0 Å². The van der Waals surface area contributed by atoms with E-state index in [1.165, 1.54) is 11.3 Å². The largest absolute Gasteiger partial charge is 0.292 e. The molecule has 0 bridgehead atoms. The fourth-order valence-corrected chi connectivity index (χ4v) is 1.73. The molecular weight excluding hydrogens is 170 g/mol. The van der Waals surface area contributed by atoms with E-state index in [0.29, 0.717) is 5.01 Å². The lowest BCUT2D eigenvalue weighted by Crippen LogP contribution is -2.11. The second kappa shape index (κ2) is 2.98. The van der Waals surface area contributed by atoms with E-state index in [1.807, 2.05) is 5.38 Å². The van der Waals surface area contributed by atoms with Gasteiger partial charge in [0.25, 0.3) is 0 Å². The van der Waals surface area contributed by atoms with E-state index in [0.717, 1.165) is 5.69 Å². The molecule has 2 nitrogen and oxygen atoms in total. The zero-order valence-electron chi connectivity index (χ0n) is 7.84. The van der Waals surface area contributed by atoms with Crippen LogP contribution < -0.4 is 0 Å². The van der Waals surface area contributed by atoms with Gasteiger partial charge in [-0.3, -0.25) is 4.79 Å². The van der Waals surface area contributed by atoms with Crippen molar-refractivity contribution in [3.63, 3.8) is 0 Å². The van der Waals surface area contributed by atoms with Gasteiger partial charge in [-0.05, 0) is 0 Å². The van der Waals surface area contributed by atoms with Crippen LogP contribution in [0.25, 0.3) is 0 Å². The number of hydrogen-bond acceptors (Lipinski definition) is 3. The molecule has 0 unspecified atom stereocenters. The third-order valence-corrected chi connectivity index (χ3v) is 2.52. The third-order valence-electron chi connectivity index (χ3n) is 1.57. The Morgan fingerprint density at radius 1 is 1.50 bits per heavy atom. The number of ketones is 1. The highest BCUT2D eigenvalue weighted by Gasteiger charge is 2.18. The Hall–Kier alpha value is -0.700. The average Bonchev–Trinajstić information content (AvgIpc) is 2.30. The first-order chi connectivity index (χ1) is 5.41. The van der Waals surface area contributed by atoms with Gasteiger partial charge in [0, 0.05) is 17.7 Å². The highest BCUT2D eigenvalue weighted by Crippen LogP contribution is 2.23. The molecule has 0 fully saturated rings. The summed E-state index contributed by atoms with van der Waals surface area (Å²) in [6.45, 7) is 7.81. The number of carbonyl (C=O) groups excluding carboxylic acids is 1. The first-order valence-corrected chi connectivity index (χ1v) is 4.76. The van der Waals surface area contributed by atoms with E-state index in [1.54, 1.807) is 6.92 Å².